The quantitative estimate of drug-likeness (QED) is 0.583. The summed E-state index contributed by atoms with van der Waals surface area (Å²) in [5.41, 5.74) is 2.47. The number of fused-ring (bicyclic) bond motifs is 1. The predicted molar refractivity (Wildman–Crippen MR) is 72.3 cm³/mol. The highest BCUT2D eigenvalue weighted by Crippen LogP contribution is 2.34. The van der Waals surface area contributed by atoms with Gasteiger partial charge in [0.2, 0.25) is 0 Å². The fourth-order valence-electron chi connectivity index (χ4n) is 1.84. The Morgan fingerprint density at radius 1 is 1.42 bits per heavy atom. The number of hydrogen-bond acceptors (Lipinski definition) is 6. The smallest absolute Gasteiger partial charge is 0.319 e. The van der Waals surface area contributed by atoms with Crippen LogP contribution in [0, 0.1) is 10.1 Å². The molecule has 3 aromatic rings. The number of nitrogens with one attached hydrogen (secondary N) is 1. The Morgan fingerprint density at radius 2 is 2.32 bits per heavy atom. The van der Waals surface area contributed by atoms with Crippen molar-refractivity contribution in [1.82, 2.24) is 4.98 Å². The summed E-state index contributed by atoms with van der Waals surface area (Å²) in [6.45, 7) is 0.392. The maximum Gasteiger partial charge on any atom is 0.319 e. The number of thiazole rings is 1. The standard InChI is InChI=1S/C12H9N3O3S/c16-15(17)12-9(13-6-8-2-1-5-18-8)3-4-10-11(12)14-7-19-10/h1-5,7,13H,6H2. The Labute approximate surface area is 111 Å². The molecule has 0 aliphatic carbocycles. The highest BCUT2D eigenvalue weighted by atomic mass is 32.1. The molecule has 0 spiro atoms. The molecule has 7 heteroatoms. The Kier molecular flexibility index (Phi) is 2.88. The van der Waals surface area contributed by atoms with Crippen molar-refractivity contribution in [3.63, 3.8) is 0 Å². The minimum Gasteiger partial charge on any atom is -0.467 e. The molecule has 0 radical (unpaired) electrons. The van der Waals surface area contributed by atoms with E-state index in [1.165, 1.54) is 11.3 Å². The van der Waals surface area contributed by atoms with Gasteiger partial charge in [0.15, 0.2) is 5.52 Å². The van der Waals surface area contributed by atoms with Crippen molar-refractivity contribution >= 4 is 32.9 Å². The Morgan fingerprint density at radius 3 is 3.05 bits per heavy atom. The molecule has 0 bridgehead atoms. The second-order valence-corrected chi connectivity index (χ2v) is 4.74. The van der Waals surface area contributed by atoms with Gasteiger partial charge in [-0.05, 0) is 24.3 Å². The maximum absolute atomic E-state index is 11.2. The molecule has 0 atom stereocenters. The van der Waals surface area contributed by atoms with E-state index in [4.69, 9.17) is 4.42 Å². The van der Waals surface area contributed by atoms with Gasteiger partial charge in [0.25, 0.3) is 0 Å². The zero-order chi connectivity index (χ0) is 13.2. The summed E-state index contributed by atoms with van der Waals surface area (Å²) in [6.07, 6.45) is 1.56. The van der Waals surface area contributed by atoms with Crippen LogP contribution in [0.1, 0.15) is 5.76 Å². The van der Waals surface area contributed by atoms with E-state index in [1.54, 1.807) is 30.0 Å². The molecule has 2 heterocycles. The number of anilines is 1. The van der Waals surface area contributed by atoms with Gasteiger partial charge in [-0.25, -0.2) is 4.98 Å². The van der Waals surface area contributed by atoms with E-state index in [-0.39, 0.29) is 5.69 Å². The topological polar surface area (TPSA) is 81.2 Å². The molecular formula is C12H9N3O3S. The lowest BCUT2D eigenvalue weighted by atomic mass is 10.2. The average Bonchev–Trinajstić information content (AvgIpc) is 3.06. The Hall–Kier alpha value is -2.41. The van der Waals surface area contributed by atoms with Crippen LogP contribution in [0.3, 0.4) is 0 Å². The molecule has 0 saturated heterocycles. The van der Waals surface area contributed by atoms with E-state index in [9.17, 15) is 10.1 Å². The van der Waals surface area contributed by atoms with Crippen LogP contribution in [0.15, 0.2) is 40.5 Å². The molecule has 0 aliphatic rings. The second kappa shape index (κ2) is 4.69. The number of nitro groups is 1. The Balaban J connectivity index is 1.97. The monoisotopic (exact) mass is 275 g/mol. The van der Waals surface area contributed by atoms with Crippen molar-refractivity contribution in [2.45, 2.75) is 6.54 Å². The van der Waals surface area contributed by atoms with E-state index >= 15 is 0 Å². The van der Waals surface area contributed by atoms with Gasteiger partial charge >= 0.3 is 5.69 Å². The lowest BCUT2D eigenvalue weighted by Crippen LogP contribution is -2.02. The van der Waals surface area contributed by atoms with Crippen LogP contribution in [0.2, 0.25) is 0 Å². The van der Waals surface area contributed by atoms with Gasteiger partial charge in [-0.2, -0.15) is 0 Å². The minimum absolute atomic E-state index is 0.00491. The number of furan rings is 1. The van der Waals surface area contributed by atoms with Gasteiger partial charge in [-0.15, -0.1) is 11.3 Å². The first-order chi connectivity index (χ1) is 9.25. The number of nitro benzene ring substituents is 1. The highest BCUT2D eigenvalue weighted by Gasteiger charge is 2.20. The third-order valence-corrected chi connectivity index (χ3v) is 3.49. The lowest BCUT2D eigenvalue weighted by molar-refractivity contribution is -0.382. The van der Waals surface area contributed by atoms with Crippen LogP contribution in [0.25, 0.3) is 10.2 Å². The van der Waals surface area contributed by atoms with Crippen molar-refractivity contribution in [2.75, 3.05) is 5.32 Å². The van der Waals surface area contributed by atoms with Crippen LogP contribution >= 0.6 is 11.3 Å². The third kappa shape index (κ3) is 2.15. The molecule has 96 valence electrons. The molecule has 1 aromatic carbocycles. The molecule has 0 fully saturated rings. The summed E-state index contributed by atoms with van der Waals surface area (Å²) in [4.78, 5) is 14.9. The van der Waals surface area contributed by atoms with Gasteiger partial charge < -0.3 is 9.73 Å². The molecular weight excluding hydrogens is 266 g/mol. The summed E-state index contributed by atoms with van der Waals surface area (Å²) < 4.78 is 5.98. The first-order valence-electron chi connectivity index (χ1n) is 5.52. The normalized spacial score (nSPS) is 10.7. The first-order valence-corrected chi connectivity index (χ1v) is 6.40. The predicted octanol–water partition coefficient (Wildman–Crippen LogP) is 3.41. The van der Waals surface area contributed by atoms with Crippen molar-refractivity contribution in [2.24, 2.45) is 0 Å². The molecule has 1 N–H and O–H groups in total. The van der Waals surface area contributed by atoms with Crippen LogP contribution < -0.4 is 5.32 Å². The molecule has 3 rings (SSSR count). The lowest BCUT2D eigenvalue weighted by Gasteiger charge is -2.05. The summed E-state index contributed by atoms with van der Waals surface area (Å²) in [7, 11) is 0. The van der Waals surface area contributed by atoms with Crippen molar-refractivity contribution in [3.8, 4) is 0 Å². The highest BCUT2D eigenvalue weighted by molar-refractivity contribution is 7.16. The van der Waals surface area contributed by atoms with Gasteiger partial charge in [0.1, 0.15) is 11.4 Å². The second-order valence-electron chi connectivity index (χ2n) is 3.85. The van der Waals surface area contributed by atoms with Gasteiger partial charge in [0.05, 0.1) is 27.9 Å². The molecule has 19 heavy (non-hydrogen) atoms. The molecule has 2 aromatic heterocycles. The summed E-state index contributed by atoms with van der Waals surface area (Å²) >= 11 is 1.38. The zero-order valence-electron chi connectivity index (χ0n) is 9.70. The fraction of sp³-hybridized carbons (Fsp3) is 0.0833. The molecule has 6 nitrogen and oxygen atoms in total. The first kappa shape index (κ1) is 11.7. The van der Waals surface area contributed by atoms with Crippen molar-refractivity contribution in [3.05, 3.63) is 51.9 Å². The number of nitrogens with zero attached hydrogens (tertiary/aromatic N) is 2. The van der Waals surface area contributed by atoms with Crippen LogP contribution in [0.5, 0.6) is 0 Å². The third-order valence-electron chi connectivity index (χ3n) is 2.69. The van der Waals surface area contributed by atoms with E-state index in [2.05, 4.69) is 10.3 Å². The van der Waals surface area contributed by atoms with Gasteiger partial charge in [-0.3, -0.25) is 10.1 Å². The van der Waals surface area contributed by atoms with Crippen molar-refractivity contribution < 1.29 is 9.34 Å². The largest absolute Gasteiger partial charge is 0.467 e. The summed E-state index contributed by atoms with van der Waals surface area (Å²) in [5.74, 6) is 0.715. The van der Waals surface area contributed by atoms with Crippen LogP contribution in [-0.4, -0.2) is 9.91 Å². The molecule has 0 unspecified atom stereocenters. The molecule has 0 saturated carbocycles. The van der Waals surface area contributed by atoms with Gasteiger partial charge in [-0.1, -0.05) is 0 Å². The Bertz CT molecular complexity index is 721. The zero-order valence-corrected chi connectivity index (χ0v) is 10.5. The van der Waals surface area contributed by atoms with E-state index in [0.717, 1.165) is 4.70 Å². The molecule has 0 aliphatic heterocycles. The summed E-state index contributed by atoms with van der Waals surface area (Å²) in [5, 5.41) is 14.2. The van der Waals surface area contributed by atoms with Crippen molar-refractivity contribution in [1.29, 1.82) is 0 Å². The number of rotatable bonds is 4. The summed E-state index contributed by atoms with van der Waals surface area (Å²) in [6, 6.07) is 7.10. The van der Waals surface area contributed by atoms with E-state index in [1.807, 2.05) is 6.07 Å². The van der Waals surface area contributed by atoms with Crippen LogP contribution in [-0.2, 0) is 6.54 Å². The van der Waals surface area contributed by atoms with Gasteiger partial charge in [0, 0.05) is 0 Å². The van der Waals surface area contributed by atoms with E-state index < -0.39 is 4.92 Å². The number of hydrogen-bond donors (Lipinski definition) is 1. The maximum atomic E-state index is 11.2. The molecule has 0 amide bonds. The number of benzene rings is 1. The minimum atomic E-state index is -0.410. The van der Waals surface area contributed by atoms with Crippen LogP contribution in [0.4, 0.5) is 11.4 Å². The fourth-order valence-corrected chi connectivity index (χ4v) is 2.52. The SMILES string of the molecule is O=[N+]([O-])c1c(NCc2ccco2)ccc2scnc12. The number of aromatic nitrogens is 1. The average molecular weight is 275 g/mol. The van der Waals surface area contributed by atoms with E-state index in [0.29, 0.717) is 23.5 Å².